The summed E-state index contributed by atoms with van der Waals surface area (Å²) in [6, 6.07) is 0. The number of hydrogen-bond donors (Lipinski definition) is 0. The Morgan fingerprint density at radius 2 is 1.80 bits per heavy atom. The molecule has 0 unspecified atom stereocenters. The molecule has 0 N–H and O–H groups in total. The third-order valence-electron chi connectivity index (χ3n) is 1.17. The quantitative estimate of drug-likeness (QED) is 0.373. The molecule has 0 aromatic heterocycles. The van der Waals surface area contributed by atoms with Crippen molar-refractivity contribution in [1.82, 2.24) is 0 Å². The molecule has 1 aliphatic rings. The second-order valence-electron chi connectivity index (χ2n) is 1.77. The van der Waals surface area contributed by atoms with Gasteiger partial charge in [0.05, 0.1) is 0 Å². The Bertz CT molecular complexity index is 140. The van der Waals surface area contributed by atoms with Gasteiger partial charge in [-0.1, -0.05) is 0 Å². The Morgan fingerprint density at radius 3 is 1.90 bits per heavy atom. The van der Waals surface area contributed by atoms with Crippen molar-refractivity contribution >= 4 is 0 Å². The number of hydrogen-bond acceptors (Lipinski definition) is 0. The predicted octanol–water partition coefficient (Wildman–Crippen LogP) is -7.22. The van der Waals surface area contributed by atoms with E-state index in [9.17, 15) is 0 Å². The van der Waals surface area contributed by atoms with Crippen LogP contribution in [0.1, 0.15) is 13.3 Å². The summed E-state index contributed by atoms with van der Waals surface area (Å²) in [5.74, 6) is 0. The van der Waals surface area contributed by atoms with E-state index in [0.717, 1.165) is 0 Å². The zero-order chi connectivity index (χ0) is 5.28. The molecule has 0 fully saturated rings. The van der Waals surface area contributed by atoms with E-state index in [1.807, 2.05) is 0 Å². The normalized spacial score (nSPS) is 13.5. The predicted molar refractivity (Wildman–Crippen MR) is 26.5 cm³/mol. The van der Waals surface area contributed by atoms with Gasteiger partial charge in [0.1, 0.15) is 0 Å². The average Bonchev–Trinajstić information content (AvgIpc) is 1.91. The fraction of sp³-hybridized carbons (Fsp3) is 0.333. The summed E-state index contributed by atoms with van der Waals surface area (Å²) in [5.41, 5.74) is 1.48. The molecule has 0 radical (unpaired) electrons. The van der Waals surface area contributed by atoms with Crippen molar-refractivity contribution in [3.63, 3.8) is 0 Å². The van der Waals surface area contributed by atoms with E-state index in [1.165, 1.54) is 12.0 Å². The van der Waals surface area contributed by atoms with Crippen molar-refractivity contribution in [3.05, 3.63) is 21.0 Å². The van der Waals surface area contributed by atoms with Crippen LogP contribution in [0.5, 0.6) is 0 Å². The van der Waals surface area contributed by atoms with Gasteiger partial charge in [-0.3, -0.25) is 0 Å². The molecule has 1 aliphatic carbocycles. The third-order valence-corrected chi connectivity index (χ3v) is 2.64. The fourth-order valence-corrected chi connectivity index (χ4v) is 1.11. The monoisotopic (exact) mass is 406 g/mol. The Hall–Kier alpha value is 1.80. The number of allylic oxidation sites excluding steroid dienone is 4. The van der Waals surface area contributed by atoms with Crippen LogP contribution < -0.4 is 50.9 Å². The average molecular weight is 410 g/mol. The van der Waals surface area contributed by atoms with Crippen LogP contribution in [-0.4, -0.2) is 0 Å². The Balaban J connectivity index is -0.000000163. The van der Waals surface area contributed by atoms with Crippen LogP contribution >= 0.6 is 0 Å². The molecule has 1 rings (SSSR count). The van der Waals surface area contributed by atoms with Gasteiger partial charge in [-0.2, -0.15) is 0 Å². The molecular formula is C6H7Br3Zr. The first-order valence-corrected chi connectivity index (χ1v) is 3.61. The van der Waals surface area contributed by atoms with E-state index in [4.69, 9.17) is 0 Å². The van der Waals surface area contributed by atoms with Crippen molar-refractivity contribution in [3.8, 4) is 0 Å². The molecule has 4 heteroatoms. The molecule has 0 nitrogen and oxygen atoms in total. The van der Waals surface area contributed by atoms with Gasteiger partial charge in [0.15, 0.2) is 0 Å². The zero-order valence-corrected chi connectivity index (χ0v) is 12.7. The Kier molecular flexibility index (Phi) is 15.8. The molecule has 0 aromatic carbocycles. The summed E-state index contributed by atoms with van der Waals surface area (Å²) in [6.45, 7) is 2.17. The van der Waals surface area contributed by atoms with E-state index in [-0.39, 0.29) is 50.9 Å². The maximum absolute atomic E-state index is 2.22. The van der Waals surface area contributed by atoms with Gasteiger partial charge in [-0.05, 0) is 0 Å². The molecule has 0 aliphatic heterocycles. The third kappa shape index (κ3) is 5.45. The zero-order valence-electron chi connectivity index (χ0n) is 5.50. The molecule has 0 spiro atoms. The Morgan fingerprint density at radius 1 is 1.30 bits per heavy atom. The van der Waals surface area contributed by atoms with Crippen LogP contribution in [0.3, 0.4) is 0 Å². The molecule has 0 aromatic rings. The SMILES string of the molecule is CC1=[C]([Zr+3])CC=C1.[Br-].[Br-].[Br-]. The molecule has 0 amide bonds. The van der Waals surface area contributed by atoms with Crippen LogP contribution in [0.25, 0.3) is 0 Å². The van der Waals surface area contributed by atoms with Crippen LogP contribution in [0.2, 0.25) is 0 Å². The van der Waals surface area contributed by atoms with Gasteiger partial charge >= 0.3 is 59.1 Å². The minimum absolute atomic E-state index is 0. The van der Waals surface area contributed by atoms with Crippen LogP contribution in [-0.2, 0) is 24.7 Å². The van der Waals surface area contributed by atoms with Gasteiger partial charge in [0.2, 0.25) is 0 Å². The fourth-order valence-electron chi connectivity index (χ4n) is 0.615. The van der Waals surface area contributed by atoms with E-state index in [1.54, 1.807) is 28.0 Å². The molecule has 0 saturated carbocycles. The van der Waals surface area contributed by atoms with Crippen LogP contribution in [0, 0.1) is 0 Å². The first kappa shape index (κ1) is 17.8. The molecule has 0 saturated heterocycles. The summed E-state index contributed by atoms with van der Waals surface area (Å²) in [7, 11) is 0. The molecule has 0 heterocycles. The number of rotatable bonds is 0. The molecule has 0 bridgehead atoms. The smallest absolute Gasteiger partial charge is 1.00 e. The topological polar surface area (TPSA) is 0 Å². The van der Waals surface area contributed by atoms with E-state index >= 15 is 0 Å². The molecule has 56 valence electrons. The van der Waals surface area contributed by atoms with Crippen molar-refractivity contribution in [2.24, 2.45) is 0 Å². The van der Waals surface area contributed by atoms with Crippen molar-refractivity contribution in [2.45, 2.75) is 13.3 Å². The summed E-state index contributed by atoms with van der Waals surface area (Å²) in [6.07, 6.45) is 5.63. The molecular weight excluding hydrogens is 403 g/mol. The van der Waals surface area contributed by atoms with Gasteiger partial charge in [-0.15, -0.1) is 0 Å². The van der Waals surface area contributed by atoms with Crippen LogP contribution in [0.15, 0.2) is 21.0 Å². The van der Waals surface area contributed by atoms with Gasteiger partial charge < -0.3 is 50.9 Å². The first-order valence-electron chi connectivity index (χ1n) is 2.38. The van der Waals surface area contributed by atoms with Gasteiger partial charge in [0, 0.05) is 0 Å². The number of halogens is 3. The maximum atomic E-state index is 2.22. The summed E-state index contributed by atoms with van der Waals surface area (Å²) < 4.78 is 1.60. The van der Waals surface area contributed by atoms with Gasteiger partial charge in [0.25, 0.3) is 0 Å². The van der Waals surface area contributed by atoms with E-state index in [0.29, 0.717) is 0 Å². The summed E-state index contributed by atoms with van der Waals surface area (Å²) in [5, 5.41) is 0. The van der Waals surface area contributed by atoms with Gasteiger partial charge in [-0.25, -0.2) is 0 Å². The second-order valence-corrected chi connectivity index (χ2v) is 3.25. The first-order chi connectivity index (χ1) is 3.30. The minimum atomic E-state index is 0. The second kappa shape index (κ2) is 8.90. The van der Waals surface area contributed by atoms with Crippen molar-refractivity contribution < 1.29 is 75.7 Å². The maximum Gasteiger partial charge on any atom is -1.00 e. The largest absolute Gasteiger partial charge is 1.00 e. The minimum Gasteiger partial charge on any atom is -1.00 e. The van der Waals surface area contributed by atoms with Crippen molar-refractivity contribution in [1.29, 1.82) is 0 Å². The standard InChI is InChI=1S/C6H7.3BrH.Zr/c1-6-4-2-3-5-6;;;;/h2,4H,3H2,1H3;3*1H;/q;;;;+3/p-3. The molecule has 10 heavy (non-hydrogen) atoms. The van der Waals surface area contributed by atoms with E-state index < -0.39 is 0 Å². The van der Waals surface area contributed by atoms with E-state index in [2.05, 4.69) is 19.1 Å². The van der Waals surface area contributed by atoms with Crippen LogP contribution in [0.4, 0.5) is 0 Å². The summed E-state index contributed by atoms with van der Waals surface area (Å²) >= 11 is 1.58. The van der Waals surface area contributed by atoms with Crippen molar-refractivity contribution in [2.75, 3.05) is 0 Å². The Labute approximate surface area is 109 Å². The molecule has 0 atom stereocenters. The summed E-state index contributed by atoms with van der Waals surface area (Å²) in [4.78, 5) is 0.